The van der Waals surface area contributed by atoms with Gasteiger partial charge in [-0.15, -0.1) is 10.2 Å². The van der Waals surface area contributed by atoms with Gasteiger partial charge in [0.15, 0.2) is 0 Å². The van der Waals surface area contributed by atoms with Crippen LogP contribution in [0.3, 0.4) is 0 Å². The molecule has 0 spiro atoms. The zero-order valence-corrected chi connectivity index (χ0v) is 15.7. The Morgan fingerprint density at radius 1 is 1.28 bits per heavy atom. The van der Waals surface area contributed by atoms with Crippen LogP contribution in [-0.2, 0) is 29.6 Å². The molecule has 1 aliphatic rings. The Bertz CT molecular complexity index is 817. The predicted molar refractivity (Wildman–Crippen MR) is 96.3 cm³/mol. The van der Waals surface area contributed by atoms with Gasteiger partial charge in [-0.1, -0.05) is 30.3 Å². The Balaban J connectivity index is 1.74. The van der Waals surface area contributed by atoms with E-state index in [9.17, 15) is 8.42 Å². The van der Waals surface area contributed by atoms with Crippen LogP contribution in [0, 0.1) is 0 Å². The summed E-state index contributed by atoms with van der Waals surface area (Å²) in [5, 5.41) is 8.59. The summed E-state index contributed by atoms with van der Waals surface area (Å²) >= 11 is 0. The maximum absolute atomic E-state index is 12.4. The number of rotatable bonds is 6. The number of nitrogens with zero attached hydrogens (tertiary/aromatic N) is 4. The molecule has 2 aromatic rings. The minimum Gasteiger partial charge on any atom is -0.313 e. The van der Waals surface area contributed by atoms with Gasteiger partial charge in [0.1, 0.15) is 11.6 Å². The average molecular weight is 363 g/mol. The van der Waals surface area contributed by atoms with E-state index in [-0.39, 0.29) is 12.1 Å². The van der Waals surface area contributed by atoms with Crippen molar-refractivity contribution in [1.29, 1.82) is 0 Å². The summed E-state index contributed by atoms with van der Waals surface area (Å²) in [6, 6.07) is 9.87. The molecule has 0 bridgehead atoms. The monoisotopic (exact) mass is 363 g/mol. The Labute approximate surface area is 149 Å². The van der Waals surface area contributed by atoms with Crippen molar-refractivity contribution in [3.8, 4) is 0 Å². The van der Waals surface area contributed by atoms with Crippen LogP contribution in [0.25, 0.3) is 0 Å². The first-order chi connectivity index (χ1) is 11.9. The third-order valence-corrected chi connectivity index (χ3v) is 6.46. The van der Waals surface area contributed by atoms with Crippen LogP contribution < -0.4 is 4.72 Å². The summed E-state index contributed by atoms with van der Waals surface area (Å²) in [4.78, 5) is 0. The van der Waals surface area contributed by atoms with Crippen LogP contribution in [0.4, 0.5) is 0 Å². The van der Waals surface area contributed by atoms with E-state index in [0.29, 0.717) is 13.0 Å². The highest BCUT2D eigenvalue weighted by atomic mass is 32.2. The molecule has 1 N–H and O–H groups in total. The zero-order valence-electron chi connectivity index (χ0n) is 14.9. The highest BCUT2D eigenvalue weighted by Crippen LogP contribution is 2.18. The lowest BCUT2D eigenvalue weighted by Gasteiger charge is -2.28. The fourth-order valence-electron chi connectivity index (χ4n) is 2.96. The Kier molecular flexibility index (Phi) is 5.21. The van der Waals surface area contributed by atoms with Gasteiger partial charge in [0.25, 0.3) is 10.2 Å². The molecule has 0 saturated heterocycles. The number of hydrogen-bond acceptors (Lipinski definition) is 4. The maximum Gasteiger partial charge on any atom is 0.279 e. The lowest BCUT2D eigenvalue weighted by Crippen LogP contribution is -2.48. The van der Waals surface area contributed by atoms with E-state index >= 15 is 0 Å². The Morgan fingerprint density at radius 3 is 2.68 bits per heavy atom. The summed E-state index contributed by atoms with van der Waals surface area (Å²) in [5.41, 5.74) is 1.17. The molecule has 0 radical (unpaired) electrons. The second-order valence-corrected chi connectivity index (χ2v) is 8.54. The molecule has 1 aromatic carbocycles. The molecular weight excluding hydrogens is 338 g/mol. The lowest BCUT2D eigenvalue weighted by molar-refractivity contribution is 0.371. The Morgan fingerprint density at radius 2 is 2.00 bits per heavy atom. The molecule has 1 atom stereocenters. The molecule has 1 aliphatic heterocycles. The van der Waals surface area contributed by atoms with E-state index < -0.39 is 10.2 Å². The number of aryl methyl sites for hydroxylation is 1. The highest BCUT2D eigenvalue weighted by molar-refractivity contribution is 7.87. The molecular formula is C17H25N5O2S. The molecule has 25 heavy (non-hydrogen) atoms. The largest absolute Gasteiger partial charge is 0.313 e. The molecule has 0 aliphatic carbocycles. The van der Waals surface area contributed by atoms with Gasteiger partial charge in [0.05, 0.1) is 0 Å². The predicted octanol–water partition coefficient (Wildman–Crippen LogP) is 1.36. The van der Waals surface area contributed by atoms with Gasteiger partial charge < -0.3 is 4.57 Å². The fraction of sp³-hybridized carbons (Fsp3) is 0.529. The Hall–Kier alpha value is -1.77. The van der Waals surface area contributed by atoms with Gasteiger partial charge in [-0.2, -0.15) is 17.4 Å². The molecule has 8 heteroatoms. The first-order valence-corrected chi connectivity index (χ1v) is 10.0. The smallest absolute Gasteiger partial charge is 0.279 e. The van der Waals surface area contributed by atoms with Crippen molar-refractivity contribution in [3.05, 3.63) is 47.5 Å². The lowest BCUT2D eigenvalue weighted by atomic mass is 10.1. The fourth-order valence-corrected chi connectivity index (χ4v) is 4.29. The molecule has 136 valence electrons. The van der Waals surface area contributed by atoms with E-state index in [2.05, 4.69) is 31.6 Å². The van der Waals surface area contributed by atoms with Crippen molar-refractivity contribution in [2.24, 2.45) is 0 Å². The van der Waals surface area contributed by atoms with E-state index in [1.165, 1.54) is 9.87 Å². The van der Waals surface area contributed by atoms with Crippen LogP contribution in [-0.4, -0.2) is 46.6 Å². The molecule has 1 aromatic heterocycles. The van der Waals surface area contributed by atoms with Gasteiger partial charge in [0, 0.05) is 38.5 Å². The van der Waals surface area contributed by atoms with Crippen molar-refractivity contribution >= 4 is 10.2 Å². The summed E-state index contributed by atoms with van der Waals surface area (Å²) in [6.45, 7) is 4.28. The van der Waals surface area contributed by atoms with Crippen LogP contribution in [0.2, 0.25) is 0 Å². The molecule has 0 fully saturated rings. The second-order valence-electron chi connectivity index (χ2n) is 6.77. The molecule has 7 nitrogen and oxygen atoms in total. The van der Waals surface area contributed by atoms with Gasteiger partial charge in [-0.25, -0.2) is 0 Å². The minimum absolute atomic E-state index is 0.0831. The van der Waals surface area contributed by atoms with Crippen LogP contribution in [0.1, 0.15) is 37.5 Å². The van der Waals surface area contributed by atoms with Gasteiger partial charge >= 0.3 is 0 Å². The summed E-state index contributed by atoms with van der Waals surface area (Å²) < 4.78 is 31.1. The normalized spacial score (nSPS) is 17.9. The summed E-state index contributed by atoms with van der Waals surface area (Å²) in [6.07, 6.45) is 2.15. The average Bonchev–Trinajstić information content (AvgIpc) is 2.97. The summed E-state index contributed by atoms with van der Waals surface area (Å²) in [5.74, 6) is 1.81. The number of nitrogens with one attached hydrogen (secondary N) is 1. The van der Waals surface area contributed by atoms with E-state index in [1.54, 1.807) is 7.05 Å². The first kappa shape index (κ1) is 18.0. The molecule has 0 unspecified atom stereocenters. The van der Waals surface area contributed by atoms with E-state index in [4.69, 9.17) is 0 Å². The van der Waals surface area contributed by atoms with Crippen molar-refractivity contribution in [2.75, 3.05) is 7.05 Å². The molecule has 3 rings (SSSR count). The minimum atomic E-state index is -3.49. The molecule has 0 amide bonds. The van der Waals surface area contributed by atoms with Crippen LogP contribution in [0.5, 0.6) is 0 Å². The van der Waals surface area contributed by atoms with Gasteiger partial charge in [0.2, 0.25) is 0 Å². The third kappa shape index (κ3) is 4.08. The van der Waals surface area contributed by atoms with Crippen molar-refractivity contribution in [3.63, 3.8) is 0 Å². The number of hydrogen-bond donors (Lipinski definition) is 1. The van der Waals surface area contributed by atoms with E-state index in [0.717, 1.165) is 24.5 Å². The number of fused-ring (bicyclic) bond motifs is 1. The van der Waals surface area contributed by atoms with Crippen molar-refractivity contribution < 1.29 is 8.42 Å². The first-order valence-electron chi connectivity index (χ1n) is 8.57. The molecule has 0 saturated carbocycles. The van der Waals surface area contributed by atoms with Crippen LogP contribution in [0.15, 0.2) is 30.3 Å². The number of benzene rings is 1. The quantitative estimate of drug-likeness (QED) is 0.840. The second kappa shape index (κ2) is 7.23. The van der Waals surface area contributed by atoms with Gasteiger partial charge in [-0.05, 0) is 25.8 Å². The zero-order chi connectivity index (χ0) is 18.0. The number of aromatic nitrogens is 3. The van der Waals surface area contributed by atoms with Crippen molar-refractivity contribution in [2.45, 2.75) is 51.7 Å². The van der Waals surface area contributed by atoms with E-state index in [1.807, 2.05) is 32.0 Å². The topological polar surface area (TPSA) is 80.1 Å². The standard InChI is InChI=1S/C17H25N5O2S/c1-13(2)21(3)25(23,24)20-15-9-10-16-18-19-17(22(16)12-15)11-14-7-5-4-6-8-14/h4-8,13,15,20H,9-12H2,1-3H3/t15-/m1/s1. The van der Waals surface area contributed by atoms with Crippen LogP contribution >= 0.6 is 0 Å². The molecule has 2 heterocycles. The SMILES string of the molecule is CC(C)N(C)S(=O)(=O)N[C@@H]1CCc2nnc(Cc3ccccc3)n2C1. The maximum atomic E-state index is 12.4. The van der Waals surface area contributed by atoms with Crippen molar-refractivity contribution in [1.82, 2.24) is 23.8 Å². The highest BCUT2D eigenvalue weighted by Gasteiger charge is 2.28. The summed E-state index contributed by atoms with van der Waals surface area (Å²) in [7, 11) is -1.89. The third-order valence-electron chi connectivity index (χ3n) is 4.65. The van der Waals surface area contributed by atoms with Gasteiger partial charge in [-0.3, -0.25) is 0 Å².